The van der Waals surface area contributed by atoms with Crippen molar-refractivity contribution < 1.29 is 5.11 Å². The lowest BCUT2D eigenvalue weighted by Crippen LogP contribution is -2.61. The summed E-state index contributed by atoms with van der Waals surface area (Å²) in [6.45, 7) is 5.33. The zero-order valence-corrected chi connectivity index (χ0v) is 12.5. The van der Waals surface area contributed by atoms with Gasteiger partial charge in [-0.25, -0.2) is 0 Å². The second-order valence-electron chi connectivity index (χ2n) is 6.10. The first-order chi connectivity index (χ1) is 9.72. The Balaban J connectivity index is 1.55. The first kappa shape index (κ1) is 14.3. The molecule has 5 nitrogen and oxygen atoms in total. The Morgan fingerprint density at radius 3 is 3.10 bits per heavy atom. The molecule has 2 aliphatic heterocycles. The van der Waals surface area contributed by atoms with Crippen molar-refractivity contribution in [2.75, 3.05) is 32.8 Å². The number of fused-ring (bicyclic) bond motifs is 1. The molecule has 3 rings (SSSR count). The fourth-order valence-corrected chi connectivity index (χ4v) is 3.73. The maximum atomic E-state index is 9.79. The molecule has 0 bridgehead atoms. The molecule has 1 aromatic heterocycles. The van der Waals surface area contributed by atoms with E-state index in [4.69, 9.17) is 11.6 Å². The fraction of sp³-hybridized carbons (Fsp3) is 0.786. The largest absolute Gasteiger partial charge is 0.396 e. The predicted octanol–water partition coefficient (Wildman–Crippen LogP) is 0.973. The van der Waals surface area contributed by atoms with Gasteiger partial charge in [-0.15, -0.1) is 0 Å². The van der Waals surface area contributed by atoms with E-state index in [1.54, 1.807) is 6.20 Å². The van der Waals surface area contributed by atoms with Crippen LogP contribution < -0.4 is 5.32 Å². The van der Waals surface area contributed by atoms with E-state index in [9.17, 15) is 5.11 Å². The normalized spacial score (nSPS) is 31.2. The first-order valence-corrected chi connectivity index (χ1v) is 7.84. The van der Waals surface area contributed by atoms with Gasteiger partial charge in [0.1, 0.15) is 0 Å². The van der Waals surface area contributed by atoms with Crippen LogP contribution in [0.15, 0.2) is 12.4 Å². The minimum atomic E-state index is 0.115. The van der Waals surface area contributed by atoms with Crippen molar-refractivity contribution in [2.24, 2.45) is 5.41 Å². The average Bonchev–Trinajstić information content (AvgIpc) is 2.90. The highest BCUT2D eigenvalue weighted by atomic mass is 35.5. The van der Waals surface area contributed by atoms with Crippen LogP contribution in [0.25, 0.3) is 0 Å². The molecular formula is C14H23ClN4O. The maximum absolute atomic E-state index is 9.79. The molecule has 1 aromatic rings. The van der Waals surface area contributed by atoms with Crippen LogP contribution in [0, 0.1) is 5.41 Å². The van der Waals surface area contributed by atoms with Crippen LogP contribution in [-0.4, -0.2) is 58.6 Å². The zero-order chi connectivity index (χ0) is 14.0. The van der Waals surface area contributed by atoms with Gasteiger partial charge in [-0.2, -0.15) is 5.10 Å². The SMILES string of the molecule is OC[C@]12CCCN[C@@H]1CN(CCn1cc(Cl)cn1)CC2. The Morgan fingerprint density at radius 1 is 1.45 bits per heavy atom. The number of halogens is 1. The van der Waals surface area contributed by atoms with Crippen LogP contribution >= 0.6 is 11.6 Å². The third-order valence-electron chi connectivity index (χ3n) is 4.91. The number of likely N-dealkylation sites (tertiary alicyclic amines) is 1. The van der Waals surface area contributed by atoms with Crippen molar-refractivity contribution in [2.45, 2.75) is 31.8 Å². The van der Waals surface area contributed by atoms with Crippen molar-refractivity contribution in [1.82, 2.24) is 20.0 Å². The van der Waals surface area contributed by atoms with Gasteiger partial charge in [-0.3, -0.25) is 9.58 Å². The van der Waals surface area contributed by atoms with E-state index in [-0.39, 0.29) is 5.41 Å². The average molecular weight is 299 g/mol. The number of aliphatic hydroxyl groups is 1. The number of aliphatic hydroxyl groups excluding tert-OH is 1. The third kappa shape index (κ3) is 2.86. The molecule has 2 fully saturated rings. The fourth-order valence-electron chi connectivity index (χ4n) is 3.57. The van der Waals surface area contributed by atoms with Crippen LogP contribution in [0.4, 0.5) is 0 Å². The van der Waals surface area contributed by atoms with E-state index < -0.39 is 0 Å². The molecule has 0 unspecified atom stereocenters. The monoisotopic (exact) mass is 298 g/mol. The highest BCUT2D eigenvalue weighted by molar-refractivity contribution is 6.30. The smallest absolute Gasteiger partial charge is 0.0785 e. The molecule has 0 amide bonds. The van der Waals surface area contributed by atoms with E-state index in [2.05, 4.69) is 15.3 Å². The number of aromatic nitrogens is 2. The summed E-state index contributed by atoms with van der Waals surface area (Å²) < 4.78 is 1.89. The van der Waals surface area contributed by atoms with Crippen molar-refractivity contribution in [3.8, 4) is 0 Å². The second kappa shape index (κ2) is 6.02. The molecule has 0 spiro atoms. The van der Waals surface area contributed by atoms with Gasteiger partial charge in [0.2, 0.25) is 0 Å². The molecule has 20 heavy (non-hydrogen) atoms. The summed E-state index contributed by atoms with van der Waals surface area (Å²) in [5.41, 5.74) is 0.115. The molecule has 0 aromatic carbocycles. The number of nitrogens with one attached hydrogen (secondary N) is 1. The topological polar surface area (TPSA) is 53.3 Å². The standard InChI is InChI=1S/C14H23ClN4O/c15-12-8-17-19(9-12)7-6-18-5-3-14(11-20)2-1-4-16-13(14)10-18/h8-9,13,16,20H,1-7,10-11H2/t13-,14-/m1/s1. The lowest BCUT2D eigenvalue weighted by Gasteiger charge is -2.50. The third-order valence-corrected chi connectivity index (χ3v) is 5.11. The molecule has 2 atom stereocenters. The Morgan fingerprint density at radius 2 is 2.35 bits per heavy atom. The zero-order valence-electron chi connectivity index (χ0n) is 11.8. The van der Waals surface area contributed by atoms with Crippen molar-refractivity contribution in [3.05, 3.63) is 17.4 Å². The minimum Gasteiger partial charge on any atom is -0.396 e. The van der Waals surface area contributed by atoms with Gasteiger partial charge in [0.25, 0.3) is 0 Å². The van der Waals surface area contributed by atoms with Crippen LogP contribution in [0.1, 0.15) is 19.3 Å². The van der Waals surface area contributed by atoms with Gasteiger partial charge in [0.05, 0.1) is 24.4 Å². The quantitative estimate of drug-likeness (QED) is 0.870. The molecule has 0 aliphatic carbocycles. The molecule has 2 saturated heterocycles. The summed E-state index contributed by atoms with van der Waals surface area (Å²) in [6, 6.07) is 0.427. The van der Waals surface area contributed by atoms with E-state index in [1.165, 1.54) is 6.42 Å². The van der Waals surface area contributed by atoms with E-state index >= 15 is 0 Å². The molecule has 6 heteroatoms. The molecular weight excluding hydrogens is 276 g/mol. The van der Waals surface area contributed by atoms with Crippen molar-refractivity contribution >= 4 is 11.6 Å². The predicted molar refractivity (Wildman–Crippen MR) is 78.8 cm³/mol. The van der Waals surface area contributed by atoms with Crippen LogP contribution in [0.5, 0.6) is 0 Å². The minimum absolute atomic E-state index is 0.115. The Bertz CT molecular complexity index is 452. The maximum Gasteiger partial charge on any atom is 0.0785 e. The summed E-state index contributed by atoms with van der Waals surface area (Å²) in [5.74, 6) is 0. The van der Waals surface area contributed by atoms with Gasteiger partial charge in [0, 0.05) is 30.7 Å². The van der Waals surface area contributed by atoms with Gasteiger partial charge >= 0.3 is 0 Å². The van der Waals surface area contributed by atoms with Gasteiger partial charge in [0.15, 0.2) is 0 Å². The molecule has 3 heterocycles. The second-order valence-corrected chi connectivity index (χ2v) is 6.54. The van der Waals surface area contributed by atoms with Crippen molar-refractivity contribution in [3.63, 3.8) is 0 Å². The summed E-state index contributed by atoms with van der Waals surface area (Å²) >= 11 is 5.88. The summed E-state index contributed by atoms with van der Waals surface area (Å²) in [7, 11) is 0. The number of rotatable bonds is 4. The van der Waals surface area contributed by atoms with E-state index in [0.29, 0.717) is 17.7 Å². The Hall–Kier alpha value is -0.620. The summed E-state index contributed by atoms with van der Waals surface area (Å²) in [4.78, 5) is 2.46. The van der Waals surface area contributed by atoms with Gasteiger partial charge in [-0.05, 0) is 32.4 Å². The molecule has 2 aliphatic rings. The van der Waals surface area contributed by atoms with E-state index in [1.807, 2.05) is 10.9 Å². The van der Waals surface area contributed by atoms with Crippen LogP contribution in [0.2, 0.25) is 5.02 Å². The molecule has 112 valence electrons. The summed E-state index contributed by atoms with van der Waals surface area (Å²) in [5, 5.41) is 18.3. The summed E-state index contributed by atoms with van der Waals surface area (Å²) in [6.07, 6.45) is 6.97. The Kier molecular flexibility index (Phi) is 4.31. The first-order valence-electron chi connectivity index (χ1n) is 7.46. The number of hydrogen-bond acceptors (Lipinski definition) is 4. The number of nitrogens with zero attached hydrogens (tertiary/aromatic N) is 3. The number of hydrogen-bond donors (Lipinski definition) is 2. The molecule has 0 radical (unpaired) electrons. The lowest BCUT2D eigenvalue weighted by atomic mass is 9.70. The van der Waals surface area contributed by atoms with E-state index in [0.717, 1.165) is 45.6 Å². The lowest BCUT2D eigenvalue weighted by molar-refractivity contribution is -0.0137. The highest BCUT2D eigenvalue weighted by Crippen LogP contribution is 2.38. The van der Waals surface area contributed by atoms with Gasteiger partial charge in [-0.1, -0.05) is 11.6 Å². The number of piperidine rings is 2. The highest BCUT2D eigenvalue weighted by Gasteiger charge is 2.43. The Labute approximate surface area is 124 Å². The van der Waals surface area contributed by atoms with Gasteiger partial charge < -0.3 is 10.4 Å². The molecule has 2 N–H and O–H groups in total. The van der Waals surface area contributed by atoms with Crippen LogP contribution in [0.3, 0.4) is 0 Å². The molecule has 0 saturated carbocycles. The van der Waals surface area contributed by atoms with Crippen LogP contribution in [-0.2, 0) is 6.54 Å². The van der Waals surface area contributed by atoms with Crippen molar-refractivity contribution in [1.29, 1.82) is 0 Å².